The van der Waals surface area contributed by atoms with Crippen molar-refractivity contribution in [2.75, 3.05) is 18.4 Å². The zero-order valence-corrected chi connectivity index (χ0v) is 16.2. The number of nitrogens with one attached hydrogen (secondary N) is 1. The Morgan fingerprint density at radius 1 is 1.04 bits per heavy atom. The summed E-state index contributed by atoms with van der Waals surface area (Å²) in [4.78, 5) is 31.7. The molecule has 6 heteroatoms. The average molecular weight is 376 g/mol. The van der Waals surface area contributed by atoms with E-state index in [9.17, 15) is 9.59 Å². The van der Waals surface area contributed by atoms with Crippen LogP contribution >= 0.6 is 0 Å². The van der Waals surface area contributed by atoms with E-state index in [-0.39, 0.29) is 17.6 Å². The topological polar surface area (TPSA) is 67.2 Å². The van der Waals surface area contributed by atoms with Crippen LogP contribution in [-0.2, 0) is 0 Å². The zero-order chi connectivity index (χ0) is 19.7. The third-order valence-corrected chi connectivity index (χ3v) is 5.39. The van der Waals surface area contributed by atoms with Gasteiger partial charge in [0.15, 0.2) is 0 Å². The van der Waals surface area contributed by atoms with Gasteiger partial charge in [0, 0.05) is 24.8 Å². The van der Waals surface area contributed by atoms with Gasteiger partial charge in [0.25, 0.3) is 5.56 Å². The quantitative estimate of drug-likeness (QED) is 0.738. The molecular formula is C22H24N4O2. The first-order chi connectivity index (χ1) is 13.5. The minimum absolute atomic E-state index is 0.00347. The monoisotopic (exact) mass is 376 g/mol. The molecule has 0 spiro atoms. The molecule has 2 aromatic carbocycles. The lowest BCUT2D eigenvalue weighted by Gasteiger charge is -2.32. The second-order valence-electron chi connectivity index (χ2n) is 7.49. The van der Waals surface area contributed by atoms with Crippen LogP contribution in [-0.4, -0.2) is 33.6 Å². The predicted molar refractivity (Wildman–Crippen MR) is 111 cm³/mol. The van der Waals surface area contributed by atoms with Crippen molar-refractivity contribution < 1.29 is 4.79 Å². The summed E-state index contributed by atoms with van der Waals surface area (Å²) in [5, 5.41) is 3.60. The molecule has 1 fully saturated rings. The molecule has 1 aliphatic rings. The molecule has 0 saturated carbocycles. The van der Waals surface area contributed by atoms with E-state index in [4.69, 9.17) is 0 Å². The third-order valence-electron chi connectivity index (χ3n) is 5.39. The summed E-state index contributed by atoms with van der Waals surface area (Å²) in [6.45, 7) is 5.21. The molecule has 28 heavy (non-hydrogen) atoms. The van der Waals surface area contributed by atoms with Crippen molar-refractivity contribution in [3.05, 3.63) is 70.3 Å². The van der Waals surface area contributed by atoms with Gasteiger partial charge in [-0.1, -0.05) is 29.3 Å². The summed E-state index contributed by atoms with van der Waals surface area (Å²) in [5.41, 5.74) is 3.72. The number of aryl methyl sites for hydroxylation is 2. The van der Waals surface area contributed by atoms with E-state index in [2.05, 4.69) is 10.3 Å². The minimum atomic E-state index is -0.0955. The van der Waals surface area contributed by atoms with Crippen LogP contribution in [0.5, 0.6) is 0 Å². The molecule has 1 N–H and O–H groups in total. The van der Waals surface area contributed by atoms with Crippen LogP contribution < -0.4 is 10.9 Å². The molecule has 0 bridgehead atoms. The number of likely N-dealkylation sites (tertiary alicyclic amines) is 1. The second-order valence-corrected chi connectivity index (χ2v) is 7.49. The number of amides is 2. The molecular weight excluding hydrogens is 352 g/mol. The van der Waals surface area contributed by atoms with E-state index >= 15 is 0 Å². The molecule has 1 aliphatic heterocycles. The van der Waals surface area contributed by atoms with Gasteiger partial charge in [0.2, 0.25) is 0 Å². The number of hydrogen-bond donors (Lipinski definition) is 1. The van der Waals surface area contributed by atoms with Gasteiger partial charge in [0.05, 0.1) is 17.2 Å². The Bertz CT molecular complexity index is 1060. The Morgan fingerprint density at radius 2 is 1.71 bits per heavy atom. The summed E-state index contributed by atoms with van der Waals surface area (Å²) < 4.78 is 1.73. The Balaban J connectivity index is 1.44. The standard InChI is InChI=1S/C22H24N4O2/c1-15-3-6-17(7-4-15)24-22(28)25-11-9-18(10-12-25)26-14-23-20-8-5-16(2)13-19(20)21(26)27/h3-8,13-14,18H,9-12H2,1-2H3,(H,24,28). The number of urea groups is 1. The minimum Gasteiger partial charge on any atom is -0.324 e. The largest absolute Gasteiger partial charge is 0.324 e. The number of carbonyl (C=O) groups is 1. The van der Waals surface area contributed by atoms with Crippen LogP contribution in [0, 0.1) is 13.8 Å². The summed E-state index contributed by atoms with van der Waals surface area (Å²) in [6, 6.07) is 13.5. The average Bonchev–Trinajstić information content (AvgIpc) is 2.71. The van der Waals surface area contributed by atoms with Crippen LogP contribution in [0.25, 0.3) is 10.9 Å². The van der Waals surface area contributed by atoms with E-state index in [1.54, 1.807) is 15.8 Å². The summed E-state index contributed by atoms with van der Waals surface area (Å²) >= 11 is 0. The van der Waals surface area contributed by atoms with Crippen LogP contribution in [0.3, 0.4) is 0 Å². The lowest BCUT2D eigenvalue weighted by atomic mass is 10.0. The molecule has 0 atom stereocenters. The lowest BCUT2D eigenvalue weighted by molar-refractivity contribution is 0.182. The molecule has 4 rings (SSSR count). The lowest BCUT2D eigenvalue weighted by Crippen LogP contribution is -2.42. The second kappa shape index (κ2) is 7.46. The number of piperidine rings is 1. The first-order valence-electron chi connectivity index (χ1n) is 9.61. The fourth-order valence-electron chi connectivity index (χ4n) is 3.70. The van der Waals surface area contributed by atoms with E-state index in [0.717, 1.165) is 35.2 Å². The summed E-state index contributed by atoms with van der Waals surface area (Å²) in [6.07, 6.45) is 3.12. The van der Waals surface area contributed by atoms with Gasteiger partial charge < -0.3 is 10.2 Å². The number of fused-ring (bicyclic) bond motifs is 1. The molecule has 3 aromatic rings. The van der Waals surface area contributed by atoms with Gasteiger partial charge in [-0.25, -0.2) is 9.78 Å². The van der Waals surface area contributed by atoms with Crippen molar-refractivity contribution >= 4 is 22.6 Å². The van der Waals surface area contributed by atoms with E-state index in [0.29, 0.717) is 18.5 Å². The molecule has 0 unspecified atom stereocenters. The van der Waals surface area contributed by atoms with Gasteiger partial charge in [-0.05, 0) is 51.0 Å². The number of benzene rings is 2. The highest BCUT2D eigenvalue weighted by Crippen LogP contribution is 2.22. The Morgan fingerprint density at radius 3 is 2.43 bits per heavy atom. The summed E-state index contributed by atoms with van der Waals surface area (Å²) in [7, 11) is 0. The molecule has 6 nitrogen and oxygen atoms in total. The normalized spacial score (nSPS) is 15.0. The smallest absolute Gasteiger partial charge is 0.321 e. The van der Waals surface area contributed by atoms with Gasteiger partial charge in [-0.2, -0.15) is 0 Å². The van der Waals surface area contributed by atoms with Crippen LogP contribution in [0.4, 0.5) is 10.5 Å². The van der Waals surface area contributed by atoms with Crippen molar-refractivity contribution in [2.24, 2.45) is 0 Å². The molecule has 1 saturated heterocycles. The molecule has 144 valence electrons. The van der Waals surface area contributed by atoms with Gasteiger partial charge in [0.1, 0.15) is 0 Å². The molecule has 1 aromatic heterocycles. The maximum absolute atomic E-state index is 12.9. The Labute approximate surface area is 163 Å². The van der Waals surface area contributed by atoms with Gasteiger partial charge >= 0.3 is 6.03 Å². The molecule has 0 aliphatic carbocycles. The number of anilines is 1. The number of aromatic nitrogens is 2. The van der Waals surface area contributed by atoms with E-state index < -0.39 is 0 Å². The fraction of sp³-hybridized carbons (Fsp3) is 0.318. The third kappa shape index (κ3) is 3.63. The van der Waals surface area contributed by atoms with Crippen molar-refractivity contribution in [3.8, 4) is 0 Å². The first-order valence-corrected chi connectivity index (χ1v) is 9.61. The maximum Gasteiger partial charge on any atom is 0.321 e. The number of rotatable bonds is 2. The predicted octanol–water partition coefficient (Wildman–Crippen LogP) is 3.88. The summed E-state index contributed by atoms with van der Waals surface area (Å²) in [5.74, 6) is 0. The van der Waals surface area contributed by atoms with E-state index in [1.165, 1.54) is 0 Å². The van der Waals surface area contributed by atoms with Crippen molar-refractivity contribution in [2.45, 2.75) is 32.7 Å². The maximum atomic E-state index is 12.9. The Hall–Kier alpha value is -3.15. The molecule has 0 radical (unpaired) electrons. The fourth-order valence-corrected chi connectivity index (χ4v) is 3.70. The highest BCUT2D eigenvalue weighted by atomic mass is 16.2. The molecule has 2 amide bonds. The van der Waals surface area contributed by atoms with Crippen molar-refractivity contribution in [3.63, 3.8) is 0 Å². The van der Waals surface area contributed by atoms with Crippen LogP contribution in [0.15, 0.2) is 53.6 Å². The molecule has 2 heterocycles. The van der Waals surface area contributed by atoms with Crippen molar-refractivity contribution in [1.82, 2.24) is 14.5 Å². The number of carbonyl (C=O) groups excluding carboxylic acids is 1. The zero-order valence-electron chi connectivity index (χ0n) is 16.2. The van der Waals surface area contributed by atoms with E-state index in [1.807, 2.05) is 56.3 Å². The first kappa shape index (κ1) is 18.2. The van der Waals surface area contributed by atoms with Crippen molar-refractivity contribution in [1.29, 1.82) is 0 Å². The van der Waals surface area contributed by atoms with Gasteiger partial charge in [-0.3, -0.25) is 9.36 Å². The van der Waals surface area contributed by atoms with Gasteiger partial charge in [-0.15, -0.1) is 0 Å². The Kier molecular flexibility index (Phi) is 4.86. The van der Waals surface area contributed by atoms with Crippen LogP contribution in [0.2, 0.25) is 0 Å². The number of hydrogen-bond acceptors (Lipinski definition) is 3. The van der Waals surface area contributed by atoms with Crippen LogP contribution in [0.1, 0.15) is 30.0 Å². The number of nitrogens with zero attached hydrogens (tertiary/aromatic N) is 3. The highest BCUT2D eigenvalue weighted by molar-refractivity contribution is 5.89. The SMILES string of the molecule is Cc1ccc(NC(=O)N2CCC(n3cnc4ccc(C)cc4c3=O)CC2)cc1. The highest BCUT2D eigenvalue weighted by Gasteiger charge is 2.25.